The van der Waals surface area contributed by atoms with E-state index in [9.17, 15) is 4.79 Å². The summed E-state index contributed by atoms with van der Waals surface area (Å²) in [6, 6.07) is 0. The Bertz CT molecular complexity index is 245. The van der Waals surface area contributed by atoms with E-state index in [-0.39, 0.29) is 11.9 Å². The highest BCUT2D eigenvalue weighted by atomic mass is 16.5. The lowest BCUT2D eigenvalue weighted by Crippen LogP contribution is -2.15. The lowest BCUT2D eigenvalue weighted by molar-refractivity contribution is -0.148. The van der Waals surface area contributed by atoms with Crippen molar-refractivity contribution in [2.45, 2.75) is 71.1 Å². The molecule has 1 heterocycles. The molecule has 0 fully saturated rings. The number of cyclic esters (lactones) is 1. The van der Waals surface area contributed by atoms with Gasteiger partial charge in [-0.25, -0.2) is 0 Å². The van der Waals surface area contributed by atoms with Crippen molar-refractivity contribution in [2.24, 2.45) is 5.92 Å². The third-order valence-electron chi connectivity index (χ3n) is 3.61. The molecule has 0 saturated carbocycles. The second-order valence-corrected chi connectivity index (χ2v) is 5.38. The van der Waals surface area contributed by atoms with Crippen molar-refractivity contribution in [2.75, 3.05) is 6.61 Å². The van der Waals surface area contributed by atoms with Gasteiger partial charge in [-0.1, -0.05) is 57.6 Å². The van der Waals surface area contributed by atoms with Crippen LogP contribution in [0.25, 0.3) is 0 Å². The van der Waals surface area contributed by atoms with Gasteiger partial charge in [-0.15, -0.1) is 0 Å². The van der Waals surface area contributed by atoms with Gasteiger partial charge in [0.25, 0.3) is 0 Å². The molecular weight excluding hydrogens is 224 g/mol. The van der Waals surface area contributed by atoms with Crippen LogP contribution < -0.4 is 0 Å². The number of ether oxygens (including phenoxy) is 1. The van der Waals surface area contributed by atoms with Crippen molar-refractivity contribution >= 4 is 5.97 Å². The summed E-state index contributed by atoms with van der Waals surface area (Å²) >= 11 is 0. The second-order valence-electron chi connectivity index (χ2n) is 5.38. The van der Waals surface area contributed by atoms with Crippen molar-refractivity contribution in [3.63, 3.8) is 0 Å². The average Bonchev–Trinajstić information content (AvgIpc) is 2.37. The molecule has 18 heavy (non-hydrogen) atoms. The van der Waals surface area contributed by atoms with Gasteiger partial charge >= 0.3 is 5.97 Å². The topological polar surface area (TPSA) is 26.3 Å². The van der Waals surface area contributed by atoms with Crippen LogP contribution in [-0.2, 0) is 9.53 Å². The molecule has 0 aromatic heterocycles. The summed E-state index contributed by atoms with van der Waals surface area (Å²) < 4.78 is 5.26. The first kappa shape index (κ1) is 15.3. The van der Waals surface area contributed by atoms with Crippen LogP contribution in [0.15, 0.2) is 12.2 Å². The summed E-state index contributed by atoms with van der Waals surface area (Å²) in [5.74, 6) is 0.0531. The maximum absolute atomic E-state index is 11.7. The Kier molecular flexibility index (Phi) is 8.62. The molecule has 1 atom stereocenters. The van der Waals surface area contributed by atoms with Crippen LogP contribution >= 0.6 is 0 Å². The van der Waals surface area contributed by atoms with Gasteiger partial charge in [0.2, 0.25) is 0 Å². The van der Waals surface area contributed by atoms with E-state index in [4.69, 9.17) is 4.74 Å². The molecule has 0 bridgehead atoms. The van der Waals surface area contributed by atoms with Crippen LogP contribution in [0.3, 0.4) is 0 Å². The fourth-order valence-corrected chi connectivity index (χ4v) is 2.32. The molecule has 0 amide bonds. The van der Waals surface area contributed by atoms with Gasteiger partial charge in [0, 0.05) is 0 Å². The van der Waals surface area contributed by atoms with Crippen molar-refractivity contribution in [3.05, 3.63) is 12.2 Å². The zero-order valence-corrected chi connectivity index (χ0v) is 11.8. The zero-order valence-electron chi connectivity index (χ0n) is 11.8. The second kappa shape index (κ2) is 10.2. The van der Waals surface area contributed by atoms with E-state index < -0.39 is 0 Å². The van der Waals surface area contributed by atoms with Crippen LogP contribution in [-0.4, -0.2) is 12.6 Å². The highest BCUT2D eigenvalue weighted by Gasteiger charge is 2.13. The Hall–Kier alpha value is -0.790. The largest absolute Gasteiger partial charge is 0.465 e. The highest BCUT2D eigenvalue weighted by molar-refractivity contribution is 5.71. The summed E-state index contributed by atoms with van der Waals surface area (Å²) in [6.45, 7) is 2.53. The van der Waals surface area contributed by atoms with Crippen molar-refractivity contribution in [1.29, 1.82) is 0 Å². The van der Waals surface area contributed by atoms with E-state index in [1.54, 1.807) is 0 Å². The predicted molar refractivity (Wildman–Crippen MR) is 75.4 cm³/mol. The minimum absolute atomic E-state index is 0.0181. The van der Waals surface area contributed by atoms with E-state index in [0.717, 1.165) is 19.3 Å². The maximum atomic E-state index is 11.7. The fraction of sp³-hybridized carbons (Fsp3) is 0.812. The van der Waals surface area contributed by atoms with Gasteiger partial charge in [0.1, 0.15) is 0 Å². The number of carbonyl (C=O) groups is 1. The molecule has 2 nitrogen and oxygen atoms in total. The molecule has 1 aliphatic rings. The Balaban J connectivity index is 2.29. The lowest BCUT2D eigenvalue weighted by Gasteiger charge is -2.11. The fourth-order valence-electron chi connectivity index (χ4n) is 2.32. The lowest BCUT2D eigenvalue weighted by atomic mass is 10.0. The molecule has 0 aliphatic carbocycles. The standard InChI is InChI=1S/C16H28O2/c1-15-13-11-9-7-5-3-2-4-6-8-10-12-14-18-16(15)17/h8,10,15H,2-7,9,11-14H2,1H3. The van der Waals surface area contributed by atoms with Crippen molar-refractivity contribution in [3.8, 4) is 0 Å². The van der Waals surface area contributed by atoms with Crippen LogP contribution in [0.2, 0.25) is 0 Å². The number of rotatable bonds is 0. The third-order valence-corrected chi connectivity index (χ3v) is 3.61. The van der Waals surface area contributed by atoms with E-state index in [0.29, 0.717) is 6.61 Å². The number of carbonyl (C=O) groups excluding carboxylic acids is 1. The molecule has 1 unspecified atom stereocenters. The quantitative estimate of drug-likeness (QED) is 0.464. The molecule has 0 N–H and O–H groups in total. The van der Waals surface area contributed by atoms with Gasteiger partial charge in [0.05, 0.1) is 12.5 Å². The van der Waals surface area contributed by atoms with Crippen LogP contribution in [0.5, 0.6) is 0 Å². The smallest absolute Gasteiger partial charge is 0.308 e. The van der Waals surface area contributed by atoms with Gasteiger partial charge in [-0.2, -0.15) is 0 Å². The minimum atomic E-state index is -0.0181. The summed E-state index contributed by atoms with van der Waals surface area (Å²) in [5, 5.41) is 0. The molecule has 104 valence electrons. The number of esters is 1. The molecule has 0 saturated heterocycles. The van der Waals surface area contributed by atoms with E-state index in [1.807, 2.05) is 6.92 Å². The number of hydrogen-bond acceptors (Lipinski definition) is 2. The van der Waals surface area contributed by atoms with E-state index >= 15 is 0 Å². The first-order valence-electron chi connectivity index (χ1n) is 7.62. The van der Waals surface area contributed by atoms with Gasteiger partial charge < -0.3 is 4.74 Å². The zero-order chi connectivity index (χ0) is 13.1. The Morgan fingerprint density at radius 1 is 0.944 bits per heavy atom. The Morgan fingerprint density at radius 3 is 2.33 bits per heavy atom. The minimum Gasteiger partial charge on any atom is -0.465 e. The molecule has 2 heteroatoms. The molecule has 0 radical (unpaired) electrons. The van der Waals surface area contributed by atoms with E-state index in [2.05, 4.69) is 12.2 Å². The predicted octanol–water partition coefficient (Wildman–Crippen LogP) is 4.64. The summed E-state index contributed by atoms with van der Waals surface area (Å²) in [5.41, 5.74) is 0. The molecule has 0 aromatic carbocycles. The first-order valence-corrected chi connectivity index (χ1v) is 7.62. The first-order chi connectivity index (χ1) is 8.80. The van der Waals surface area contributed by atoms with E-state index in [1.165, 1.54) is 44.9 Å². The molecule has 0 spiro atoms. The monoisotopic (exact) mass is 252 g/mol. The van der Waals surface area contributed by atoms with Gasteiger partial charge in [-0.3, -0.25) is 4.79 Å². The SMILES string of the molecule is CC1CCCCCCCCCC=CCCOC1=O. The number of allylic oxidation sites excluding steroid dienone is 1. The van der Waals surface area contributed by atoms with Gasteiger partial charge in [0.15, 0.2) is 0 Å². The van der Waals surface area contributed by atoms with Crippen LogP contribution in [0.4, 0.5) is 0 Å². The average molecular weight is 252 g/mol. The number of hydrogen-bond donors (Lipinski definition) is 0. The molecule has 0 aromatic rings. The van der Waals surface area contributed by atoms with Crippen molar-refractivity contribution in [1.82, 2.24) is 0 Å². The Labute approximate surface area is 112 Å². The van der Waals surface area contributed by atoms with Crippen LogP contribution in [0.1, 0.15) is 71.1 Å². The maximum Gasteiger partial charge on any atom is 0.308 e. The Morgan fingerprint density at radius 2 is 1.56 bits per heavy atom. The van der Waals surface area contributed by atoms with Gasteiger partial charge in [-0.05, 0) is 25.7 Å². The molecule has 1 rings (SSSR count). The highest BCUT2D eigenvalue weighted by Crippen LogP contribution is 2.14. The van der Waals surface area contributed by atoms with Crippen molar-refractivity contribution < 1.29 is 9.53 Å². The summed E-state index contributed by atoms with van der Waals surface area (Å²) in [7, 11) is 0. The normalized spacial score (nSPS) is 25.6. The summed E-state index contributed by atoms with van der Waals surface area (Å²) in [6.07, 6.45) is 16.5. The summed E-state index contributed by atoms with van der Waals surface area (Å²) in [4.78, 5) is 11.7. The third kappa shape index (κ3) is 7.52. The molecular formula is C16H28O2. The molecule has 1 aliphatic heterocycles. The van der Waals surface area contributed by atoms with Crippen LogP contribution in [0, 0.1) is 5.92 Å².